The van der Waals surface area contributed by atoms with Gasteiger partial charge in [0.2, 0.25) is 0 Å². The average molecular weight is 228 g/mol. The predicted molar refractivity (Wildman–Crippen MR) is 51.6 cm³/mol. The van der Waals surface area contributed by atoms with Gasteiger partial charge in [-0.15, -0.1) is 0 Å². The van der Waals surface area contributed by atoms with E-state index in [4.69, 9.17) is 14.7 Å². The molecule has 0 aliphatic rings. The van der Waals surface area contributed by atoms with Crippen LogP contribution in [-0.2, 0) is 6.42 Å². The Kier molecular flexibility index (Phi) is 4.00. The Morgan fingerprint density at radius 3 is 2.56 bits per heavy atom. The Morgan fingerprint density at radius 1 is 1.44 bits per heavy atom. The summed E-state index contributed by atoms with van der Waals surface area (Å²) in [7, 11) is 2.52. The highest BCUT2D eigenvalue weighted by molar-refractivity contribution is 5.47. The third-order valence-corrected chi connectivity index (χ3v) is 2.00. The summed E-state index contributed by atoms with van der Waals surface area (Å²) >= 11 is 0. The van der Waals surface area contributed by atoms with Gasteiger partial charge in [-0.3, -0.25) is 4.98 Å². The molecule has 0 radical (unpaired) electrons. The van der Waals surface area contributed by atoms with Crippen LogP contribution in [0.15, 0.2) is 6.20 Å². The predicted octanol–water partition coefficient (Wildman–Crippen LogP) is 2.10. The molecular formula is C10H10F2N2O2. The highest BCUT2D eigenvalue weighted by Gasteiger charge is 2.23. The van der Waals surface area contributed by atoms with Crippen molar-refractivity contribution in [3.63, 3.8) is 0 Å². The number of nitriles is 1. The molecule has 0 saturated heterocycles. The maximum absolute atomic E-state index is 12.8. The standard InChI is InChI=1S/C10H10F2N2O2/c1-15-7-5-14-6(3-4-13)9(16-2)8(7)10(11)12/h5,10H,3H2,1-2H3. The molecule has 0 aliphatic heterocycles. The topological polar surface area (TPSA) is 55.1 Å². The summed E-state index contributed by atoms with van der Waals surface area (Å²) in [5, 5.41) is 8.53. The quantitative estimate of drug-likeness (QED) is 0.791. The zero-order valence-electron chi connectivity index (χ0n) is 8.83. The van der Waals surface area contributed by atoms with Gasteiger partial charge in [-0.1, -0.05) is 0 Å². The second-order valence-corrected chi connectivity index (χ2v) is 2.86. The van der Waals surface area contributed by atoms with E-state index in [1.165, 1.54) is 14.2 Å². The summed E-state index contributed by atoms with van der Waals surface area (Å²) in [6.45, 7) is 0. The fourth-order valence-electron chi connectivity index (χ4n) is 1.33. The van der Waals surface area contributed by atoms with Gasteiger partial charge in [-0.2, -0.15) is 5.26 Å². The van der Waals surface area contributed by atoms with Gasteiger partial charge in [0.15, 0.2) is 5.75 Å². The molecule has 1 rings (SSSR count). The molecule has 16 heavy (non-hydrogen) atoms. The van der Waals surface area contributed by atoms with Crippen LogP contribution in [0.5, 0.6) is 11.5 Å². The molecule has 0 bridgehead atoms. The number of nitrogens with zero attached hydrogens (tertiary/aromatic N) is 2. The lowest BCUT2D eigenvalue weighted by Crippen LogP contribution is -2.03. The van der Waals surface area contributed by atoms with Gasteiger partial charge in [0.05, 0.1) is 38.6 Å². The van der Waals surface area contributed by atoms with Crippen molar-refractivity contribution < 1.29 is 18.3 Å². The number of alkyl halides is 2. The van der Waals surface area contributed by atoms with Crippen LogP contribution in [0, 0.1) is 11.3 Å². The van der Waals surface area contributed by atoms with Crippen LogP contribution in [0.25, 0.3) is 0 Å². The van der Waals surface area contributed by atoms with Crippen molar-refractivity contribution >= 4 is 0 Å². The fourth-order valence-corrected chi connectivity index (χ4v) is 1.33. The van der Waals surface area contributed by atoms with Gasteiger partial charge in [0.25, 0.3) is 6.43 Å². The van der Waals surface area contributed by atoms with E-state index in [9.17, 15) is 8.78 Å². The van der Waals surface area contributed by atoms with Gasteiger partial charge in [0.1, 0.15) is 11.3 Å². The zero-order chi connectivity index (χ0) is 12.1. The zero-order valence-corrected chi connectivity index (χ0v) is 8.83. The van der Waals surface area contributed by atoms with Crippen molar-refractivity contribution in [3.05, 3.63) is 17.5 Å². The van der Waals surface area contributed by atoms with Crippen molar-refractivity contribution in [1.82, 2.24) is 4.98 Å². The molecule has 1 aromatic heterocycles. The number of halogens is 2. The highest BCUT2D eigenvalue weighted by atomic mass is 19.3. The van der Waals surface area contributed by atoms with Crippen molar-refractivity contribution in [2.75, 3.05) is 14.2 Å². The molecule has 86 valence electrons. The van der Waals surface area contributed by atoms with Crippen LogP contribution in [0.1, 0.15) is 17.7 Å². The lowest BCUT2D eigenvalue weighted by atomic mass is 10.1. The van der Waals surface area contributed by atoms with Crippen LogP contribution in [0.2, 0.25) is 0 Å². The first-order chi connectivity index (χ1) is 7.65. The third kappa shape index (κ3) is 2.19. The van der Waals surface area contributed by atoms with E-state index in [2.05, 4.69) is 4.98 Å². The molecule has 0 amide bonds. The number of hydrogen-bond acceptors (Lipinski definition) is 4. The molecule has 0 unspecified atom stereocenters. The van der Waals surface area contributed by atoms with E-state index >= 15 is 0 Å². The van der Waals surface area contributed by atoms with Crippen LogP contribution in [0.3, 0.4) is 0 Å². The molecular weight excluding hydrogens is 218 g/mol. The van der Waals surface area contributed by atoms with Crippen molar-refractivity contribution in [1.29, 1.82) is 5.26 Å². The van der Waals surface area contributed by atoms with E-state index in [1.54, 1.807) is 0 Å². The molecule has 0 fully saturated rings. The van der Waals surface area contributed by atoms with E-state index < -0.39 is 6.43 Å². The molecule has 0 spiro atoms. The summed E-state index contributed by atoms with van der Waals surface area (Å²) in [6.07, 6.45) is -1.67. The fraction of sp³-hybridized carbons (Fsp3) is 0.400. The van der Waals surface area contributed by atoms with Gasteiger partial charge in [-0.25, -0.2) is 8.78 Å². The Labute approximate surface area is 91.4 Å². The van der Waals surface area contributed by atoms with E-state index in [1.807, 2.05) is 6.07 Å². The third-order valence-electron chi connectivity index (χ3n) is 2.00. The van der Waals surface area contributed by atoms with Gasteiger partial charge in [-0.05, 0) is 0 Å². The van der Waals surface area contributed by atoms with Gasteiger partial charge >= 0.3 is 0 Å². The molecule has 1 aromatic rings. The molecule has 4 nitrogen and oxygen atoms in total. The smallest absolute Gasteiger partial charge is 0.271 e. The van der Waals surface area contributed by atoms with Crippen LogP contribution < -0.4 is 9.47 Å². The molecule has 0 saturated carbocycles. The van der Waals surface area contributed by atoms with E-state index in [0.717, 1.165) is 6.20 Å². The van der Waals surface area contributed by atoms with E-state index in [0.29, 0.717) is 0 Å². The Morgan fingerprint density at radius 2 is 2.12 bits per heavy atom. The Hall–Kier alpha value is -1.90. The average Bonchev–Trinajstić information content (AvgIpc) is 2.28. The van der Waals surface area contributed by atoms with Crippen molar-refractivity contribution in [3.8, 4) is 17.6 Å². The second kappa shape index (κ2) is 5.26. The highest BCUT2D eigenvalue weighted by Crippen LogP contribution is 2.38. The summed E-state index contributed by atoms with van der Waals surface area (Å²) < 4.78 is 35.3. The van der Waals surface area contributed by atoms with Gasteiger partial charge < -0.3 is 9.47 Å². The molecule has 6 heteroatoms. The number of pyridine rings is 1. The van der Waals surface area contributed by atoms with Crippen LogP contribution in [-0.4, -0.2) is 19.2 Å². The Balaban J connectivity index is 3.38. The molecule has 1 heterocycles. The first-order valence-electron chi connectivity index (χ1n) is 4.40. The number of rotatable bonds is 4. The Bertz CT molecular complexity index is 416. The van der Waals surface area contributed by atoms with Crippen molar-refractivity contribution in [2.24, 2.45) is 0 Å². The maximum Gasteiger partial charge on any atom is 0.271 e. The molecule has 0 atom stereocenters. The summed E-state index contributed by atoms with van der Waals surface area (Å²) in [4.78, 5) is 3.85. The molecule has 0 aromatic carbocycles. The number of aromatic nitrogens is 1. The summed E-state index contributed by atoms with van der Waals surface area (Å²) in [5.41, 5.74) is -0.189. The number of ether oxygens (including phenoxy) is 2. The largest absolute Gasteiger partial charge is 0.494 e. The van der Waals surface area contributed by atoms with Gasteiger partial charge in [0, 0.05) is 0 Å². The normalized spacial score (nSPS) is 10.0. The van der Waals surface area contributed by atoms with Crippen LogP contribution >= 0.6 is 0 Å². The first kappa shape index (κ1) is 12.2. The first-order valence-corrected chi connectivity index (χ1v) is 4.40. The number of methoxy groups -OCH3 is 2. The SMILES string of the molecule is COc1cnc(CC#N)c(OC)c1C(F)F. The lowest BCUT2D eigenvalue weighted by Gasteiger charge is -2.14. The second-order valence-electron chi connectivity index (χ2n) is 2.86. The minimum Gasteiger partial charge on any atom is -0.494 e. The van der Waals surface area contributed by atoms with E-state index in [-0.39, 0.29) is 29.2 Å². The summed E-state index contributed by atoms with van der Waals surface area (Å²) in [6, 6.07) is 1.83. The van der Waals surface area contributed by atoms with Crippen LogP contribution in [0.4, 0.5) is 8.78 Å². The minimum absolute atomic E-state index is 0.0476. The number of hydrogen-bond donors (Lipinski definition) is 0. The molecule has 0 N–H and O–H groups in total. The summed E-state index contributed by atoms with van der Waals surface area (Å²) in [5.74, 6) is -0.135. The maximum atomic E-state index is 12.8. The molecule has 0 aliphatic carbocycles. The monoisotopic (exact) mass is 228 g/mol. The minimum atomic E-state index is -2.75. The lowest BCUT2D eigenvalue weighted by molar-refractivity contribution is 0.142. The van der Waals surface area contributed by atoms with Crippen molar-refractivity contribution in [2.45, 2.75) is 12.8 Å².